The summed E-state index contributed by atoms with van der Waals surface area (Å²) >= 11 is 0. The minimum Gasteiger partial charge on any atom is -0.488 e. The van der Waals surface area contributed by atoms with Gasteiger partial charge in [0, 0.05) is 23.1 Å². The minimum atomic E-state index is -0.470. The maximum absolute atomic E-state index is 12.3. The lowest BCUT2D eigenvalue weighted by Crippen LogP contribution is -2.16. The number of furan rings is 1. The first kappa shape index (κ1) is 19.8. The third-order valence-electron chi connectivity index (χ3n) is 4.45. The van der Waals surface area contributed by atoms with Gasteiger partial charge in [-0.05, 0) is 29.8 Å². The minimum absolute atomic E-state index is 0.00393. The van der Waals surface area contributed by atoms with Gasteiger partial charge in [-0.3, -0.25) is 14.9 Å². The highest BCUT2D eigenvalue weighted by atomic mass is 16.6. The van der Waals surface area contributed by atoms with Crippen molar-refractivity contribution < 1.29 is 18.9 Å². The van der Waals surface area contributed by atoms with E-state index in [9.17, 15) is 14.9 Å². The maximum Gasteiger partial charge on any atom is 0.307 e. The second-order valence-corrected chi connectivity index (χ2v) is 6.60. The van der Waals surface area contributed by atoms with Gasteiger partial charge < -0.3 is 9.15 Å². The lowest BCUT2D eigenvalue weighted by Gasteiger charge is -2.09. The molecule has 31 heavy (non-hydrogen) atoms. The molecule has 1 N–H and O–H groups in total. The standard InChI is InChI=1S/C23H17N3O5/c27-23(22-13-17-7-1-4-11-21(17)31-22)25-24-14-18-8-2-3-10-20(18)30-15-16-6-5-9-19(12-16)26(28)29/h1-14H,15H2,(H,25,27). The number of para-hydroxylation sites is 2. The van der Waals surface area contributed by atoms with Gasteiger partial charge in [0.25, 0.3) is 5.69 Å². The average molecular weight is 415 g/mol. The molecule has 0 spiro atoms. The summed E-state index contributed by atoms with van der Waals surface area (Å²) in [6.07, 6.45) is 1.46. The van der Waals surface area contributed by atoms with Gasteiger partial charge >= 0.3 is 5.91 Å². The number of nitro benzene ring substituents is 1. The number of non-ortho nitro benzene ring substituents is 1. The Morgan fingerprint density at radius 3 is 2.71 bits per heavy atom. The van der Waals surface area contributed by atoms with Gasteiger partial charge in [0.2, 0.25) is 0 Å². The number of rotatable bonds is 7. The Hall–Kier alpha value is -4.46. The molecule has 0 unspecified atom stereocenters. The van der Waals surface area contributed by atoms with Crippen LogP contribution in [0.2, 0.25) is 0 Å². The van der Waals surface area contributed by atoms with Crippen LogP contribution in [0.5, 0.6) is 5.75 Å². The van der Waals surface area contributed by atoms with Gasteiger partial charge in [0.05, 0.1) is 11.1 Å². The summed E-state index contributed by atoms with van der Waals surface area (Å²) in [6, 6.07) is 22.4. The molecule has 0 aliphatic carbocycles. The lowest BCUT2D eigenvalue weighted by atomic mass is 10.2. The van der Waals surface area contributed by atoms with E-state index in [1.807, 2.05) is 24.3 Å². The number of hydrogen-bond acceptors (Lipinski definition) is 6. The van der Waals surface area contributed by atoms with Crippen molar-refractivity contribution in [3.05, 3.63) is 106 Å². The molecule has 0 atom stereocenters. The fraction of sp³-hybridized carbons (Fsp3) is 0.0435. The van der Waals surface area contributed by atoms with E-state index >= 15 is 0 Å². The number of nitro groups is 1. The summed E-state index contributed by atoms with van der Waals surface area (Å²) in [5, 5.41) is 15.7. The summed E-state index contributed by atoms with van der Waals surface area (Å²) in [6.45, 7) is 0.151. The molecule has 1 aromatic heterocycles. The van der Waals surface area contributed by atoms with Crippen molar-refractivity contribution in [2.75, 3.05) is 0 Å². The third kappa shape index (κ3) is 4.76. The molecule has 1 heterocycles. The molecule has 0 fully saturated rings. The van der Waals surface area contributed by atoms with Gasteiger partial charge in [-0.25, -0.2) is 5.43 Å². The SMILES string of the molecule is O=C(NN=Cc1ccccc1OCc1cccc([N+](=O)[O-])c1)c1cc2ccccc2o1. The predicted octanol–water partition coefficient (Wildman–Crippen LogP) is 4.68. The Kier molecular flexibility index (Phi) is 5.70. The van der Waals surface area contributed by atoms with Crippen LogP contribution in [-0.4, -0.2) is 17.0 Å². The first-order chi connectivity index (χ1) is 15.1. The number of carbonyl (C=O) groups is 1. The molecule has 0 bridgehead atoms. The molecular weight excluding hydrogens is 398 g/mol. The maximum atomic E-state index is 12.3. The number of nitrogens with one attached hydrogen (secondary N) is 1. The number of benzene rings is 3. The average Bonchev–Trinajstić information content (AvgIpc) is 3.23. The van der Waals surface area contributed by atoms with E-state index in [0.29, 0.717) is 22.5 Å². The van der Waals surface area contributed by atoms with Crippen LogP contribution in [-0.2, 0) is 6.61 Å². The number of ether oxygens (including phenoxy) is 1. The molecule has 8 nitrogen and oxygen atoms in total. The summed E-state index contributed by atoms with van der Waals surface area (Å²) in [7, 11) is 0. The molecule has 0 saturated heterocycles. The zero-order valence-corrected chi connectivity index (χ0v) is 16.2. The van der Waals surface area contributed by atoms with Crippen molar-refractivity contribution in [1.82, 2.24) is 5.43 Å². The van der Waals surface area contributed by atoms with Crippen molar-refractivity contribution in [2.24, 2.45) is 5.10 Å². The van der Waals surface area contributed by atoms with Crippen LogP contribution < -0.4 is 10.2 Å². The molecule has 1 amide bonds. The third-order valence-corrected chi connectivity index (χ3v) is 4.45. The molecule has 154 valence electrons. The van der Waals surface area contributed by atoms with E-state index < -0.39 is 10.8 Å². The molecular formula is C23H17N3O5. The van der Waals surface area contributed by atoms with E-state index in [0.717, 1.165) is 5.39 Å². The Bertz CT molecular complexity index is 1250. The van der Waals surface area contributed by atoms with E-state index in [-0.39, 0.29) is 18.1 Å². The van der Waals surface area contributed by atoms with Gasteiger partial charge in [-0.1, -0.05) is 42.5 Å². The van der Waals surface area contributed by atoms with E-state index in [1.165, 1.54) is 18.3 Å². The Balaban J connectivity index is 1.42. The second-order valence-electron chi connectivity index (χ2n) is 6.60. The van der Waals surface area contributed by atoms with Crippen LogP contribution in [0.1, 0.15) is 21.7 Å². The summed E-state index contributed by atoms with van der Waals surface area (Å²) in [5.41, 5.74) is 4.36. The Labute approximate surface area is 176 Å². The number of fused-ring (bicyclic) bond motifs is 1. The van der Waals surface area contributed by atoms with Gasteiger partial charge in [0.1, 0.15) is 17.9 Å². The summed E-state index contributed by atoms with van der Waals surface area (Å²) in [4.78, 5) is 22.7. The summed E-state index contributed by atoms with van der Waals surface area (Å²) < 4.78 is 11.3. The fourth-order valence-electron chi connectivity index (χ4n) is 2.95. The predicted molar refractivity (Wildman–Crippen MR) is 115 cm³/mol. The monoisotopic (exact) mass is 415 g/mol. The first-order valence-electron chi connectivity index (χ1n) is 9.37. The molecule has 0 radical (unpaired) electrons. The van der Waals surface area contributed by atoms with Crippen LogP contribution in [0.3, 0.4) is 0 Å². The van der Waals surface area contributed by atoms with Crippen molar-refractivity contribution in [3.8, 4) is 5.75 Å². The Morgan fingerprint density at radius 2 is 1.87 bits per heavy atom. The van der Waals surface area contributed by atoms with Crippen molar-refractivity contribution in [3.63, 3.8) is 0 Å². The number of amides is 1. The lowest BCUT2D eigenvalue weighted by molar-refractivity contribution is -0.384. The van der Waals surface area contributed by atoms with E-state index in [1.54, 1.807) is 42.5 Å². The smallest absolute Gasteiger partial charge is 0.307 e. The molecule has 4 aromatic rings. The molecule has 3 aromatic carbocycles. The van der Waals surface area contributed by atoms with E-state index in [4.69, 9.17) is 9.15 Å². The molecule has 0 aliphatic rings. The normalized spacial score (nSPS) is 11.0. The fourth-order valence-corrected chi connectivity index (χ4v) is 2.95. The number of hydrogen-bond donors (Lipinski definition) is 1. The highest BCUT2D eigenvalue weighted by molar-refractivity contribution is 5.96. The van der Waals surface area contributed by atoms with Crippen molar-refractivity contribution in [1.29, 1.82) is 0 Å². The number of nitrogens with zero attached hydrogens (tertiary/aromatic N) is 2. The van der Waals surface area contributed by atoms with Crippen LogP contribution in [0.25, 0.3) is 11.0 Å². The second kappa shape index (κ2) is 8.91. The first-order valence-corrected chi connectivity index (χ1v) is 9.37. The Morgan fingerprint density at radius 1 is 1.06 bits per heavy atom. The molecule has 8 heteroatoms. The molecule has 0 saturated carbocycles. The number of carbonyl (C=O) groups excluding carboxylic acids is 1. The van der Waals surface area contributed by atoms with Crippen LogP contribution in [0.15, 0.2) is 88.4 Å². The highest BCUT2D eigenvalue weighted by Gasteiger charge is 2.11. The number of hydrazone groups is 1. The van der Waals surface area contributed by atoms with Crippen molar-refractivity contribution >= 4 is 28.8 Å². The quantitative estimate of drug-likeness (QED) is 0.268. The van der Waals surface area contributed by atoms with Crippen molar-refractivity contribution in [2.45, 2.75) is 6.61 Å². The highest BCUT2D eigenvalue weighted by Crippen LogP contribution is 2.20. The molecule has 4 rings (SSSR count). The van der Waals surface area contributed by atoms with Crippen LogP contribution in [0.4, 0.5) is 5.69 Å². The van der Waals surface area contributed by atoms with Gasteiger partial charge in [-0.15, -0.1) is 0 Å². The zero-order valence-electron chi connectivity index (χ0n) is 16.2. The topological polar surface area (TPSA) is 107 Å². The summed E-state index contributed by atoms with van der Waals surface area (Å²) in [5.74, 6) is 0.215. The van der Waals surface area contributed by atoms with Crippen LogP contribution in [0, 0.1) is 10.1 Å². The van der Waals surface area contributed by atoms with Gasteiger partial charge in [0.15, 0.2) is 5.76 Å². The zero-order chi connectivity index (χ0) is 21.6. The largest absolute Gasteiger partial charge is 0.488 e. The van der Waals surface area contributed by atoms with E-state index in [2.05, 4.69) is 10.5 Å². The molecule has 0 aliphatic heterocycles. The van der Waals surface area contributed by atoms with Crippen LogP contribution >= 0.6 is 0 Å². The van der Waals surface area contributed by atoms with Gasteiger partial charge in [-0.2, -0.15) is 5.10 Å².